The van der Waals surface area contributed by atoms with Gasteiger partial charge in [0.15, 0.2) is 11.6 Å². The molecule has 8 rings (SSSR count). The number of nitrogens with one attached hydrogen (secondary N) is 8. The first-order valence-corrected chi connectivity index (χ1v) is 38.3. The Bertz CT molecular complexity index is 3470. The van der Waals surface area contributed by atoms with E-state index in [-0.39, 0.29) is 113 Å². The van der Waals surface area contributed by atoms with E-state index in [4.69, 9.17) is 28.4 Å². The van der Waals surface area contributed by atoms with Gasteiger partial charge in [0.25, 0.3) is 11.8 Å². The van der Waals surface area contributed by atoms with Crippen LogP contribution in [0.5, 0.6) is 0 Å². The molecule has 109 heavy (non-hydrogen) atoms. The number of nitrogens with zero attached hydrogens (tertiary/aromatic N) is 4. The van der Waals surface area contributed by atoms with E-state index in [1.807, 2.05) is 34.6 Å². The number of alkyl carbamates (subject to hydrolysis) is 2. The zero-order chi connectivity index (χ0) is 79.7. The van der Waals surface area contributed by atoms with Crippen molar-refractivity contribution in [3.05, 3.63) is 71.8 Å². The van der Waals surface area contributed by atoms with E-state index in [1.54, 1.807) is 103 Å². The highest BCUT2D eigenvalue weighted by Gasteiger charge is 2.57. The van der Waals surface area contributed by atoms with Gasteiger partial charge < -0.3 is 90.6 Å². The van der Waals surface area contributed by atoms with Crippen LogP contribution in [0.25, 0.3) is 0 Å². The Morgan fingerprint density at radius 3 is 1.23 bits per heavy atom. The van der Waals surface area contributed by atoms with Crippen LogP contribution in [0.4, 0.5) is 9.59 Å². The Morgan fingerprint density at radius 1 is 0.505 bits per heavy atom. The van der Waals surface area contributed by atoms with Crippen LogP contribution in [-0.2, 0) is 86.0 Å². The summed E-state index contributed by atoms with van der Waals surface area (Å²) in [5.74, 6) is -11.4. The third-order valence-electron chi connectivity index (χ3n) is 19.9. The third kappa shape index (κ3) is 24.9. The number of likely N-dealkylation sites (N-methyl/N-ethyl adjacent to an activating group) is 2. The van der Waals surface area contributed by atoms with E-state index in [0.29, 0.717) is 49.7 Å². The van der Waals surface area contributed by atoms with Crippen molar-refractivity contribution in [3.63, 3.8) is 0 Å². The number of rotatable bonds is 32. The molecule has 2 spiro atoms. The topological polar surface area (TPSA) is 404 Å². The number of carbonyl (C=O) groups excluding carboxylic acids is 14. The van der Waals surface area contributed by atoms with Gasteiger partial charge in [-0.05, 0) is 80.2 Å². The third-order valence-corrected chi connectivity index (χ3v) is 19.9. The minimum Gasteiger partial charge on any atom is -0.449 e. The van der Waals surface area contributed by atoms with Crippen molar-refractivity contribution in [1.82, 2.24) is 62.1 Å². The fourth-order valence-corrected chi connectivity index (χ4v) is 14.4. The lowest BCUT2D eigenvalue weighted by molar-refractivity contribution is -0.160. The Kier molecular flexibility index (Phi) is 33.2. The second kappa shape index (κ2) is 41.6. The molecule has 0 bridgehead atoms. The van der Waals surface area contributed by atoms with Gasteiger partial charge in [-0.2, -0.15) is 0 Å². The average Bonchev–Trinajstić information content (AvgIpc) is 1.62. The van der Waals surface area contributed by atoms with Crippen LogP contribution in [-0.4, -0.2) is 244 Å². The van der Waals surface area contributed by atoms with Crippen molar-refractivity contribution in [2.24, 2.45) is 23.7 Å². The molecule has 10 atom stereocenters. The number of carbonyl (C=O) groups is 14. The number of Topliss-reactive ketones (excluding diaryl/α,β-unsaturated/α-hetero) is 2. The molecule has 32 heteroatoms. The molecule has 8 N–H and O–H groups in total. The summed E-state index contributed by atoms with van der Waals surface area (Å²) in [5, 5.41) is 20.8. The van der Waals surface area contributed by atoms with Gasteiger partial charge in [-0.3, -0.25) is 57.5 Å². The second-order valence-electron chi connectivity index (χ2n) is 30.2. The van der Waals surface area contributed by atoms with Crippen LogP contribution in [0.1, 0.15) is 174 Å². The molecule has 32 nitrogen and oxygen atoms in total. The summed E-state index contributed by atoms with van der Waals surface area (Å²) in [6.45, 7) is 12.8. The largest absolute Gasteiger partial charge is 0.449 e. The highest BCUT2D eigenvalue weighted by Crippen LogP contribution is 2.40. The second-order valence-corrected chi connectivity index (χ2v) is 30.2. The molecule has 2 saturated carbocycles. The molecule has 0 radical (unpaired) electrons. The van der Waals surface area contributed by atoms with Gasteiger partial charge in [-0.15, -0.1) is 0 Å². The summed E-state index contributed by atoms with van der Waals surface area (Å²) in [6.07, 6.45) is 7.70. The first-order chi connectivity index (χ1) is 51.9. The van der Waals surface area contributed by atoms with Crippen molar-refractivity contribution in [1.29, 1.82) is 0 Å². The molecule has 0 aromatic heterocycles. The fourth-order valence-electron chi connectivity index (χ4n) is 14.4. The number of hydrogen-bond donors (Lipinski definition) is 8. The summed E-state index contributed by atoms with van der Waals surface area (Å²) in [7, 11) is 6.22. The van der Waals surface area contributed by atoms with Gasteiger partial charge in [0.1, 0.15) is 36.3 Å². The lowest BCUT2D eigenvalue weighted by Gasteiger charge is -2.34. The first kappa shape index (κ1) is 87.1. The summed E-state index contributed by atoms with van der Waals surface area (Å²) in [6, 6.07) is 8.42. The number of ether oxygens (including phenoxy) is 6. The summed E-state index contributed by atoms with van der Waals surface area (Å²) >= 11 is 0. The molecule has 4 saturated heterocycles. The average molecular weight is 1530 g/mol. The highest BCUT2D eigenvalue weighted by atomic mass is 16.7. The van der Waals surface area contributed by atoms with E-state index >= 15 is 0 Å². The molecule has 4 aliphatic heterocycles. The monoisotopic (exact) mass is 1530 g/mol. The smallest absolute Gasteiger partial charge is 0.407 e. The van der Waals surface area contributed by atoms with Crippen molar-refractivity contribution in [2.45, 2.75) is 217 Å². The summed E-state index contributed by atoms with van der Waals surface area (Å²) in [4.78, 5) is 193. The number of likely N-dealkylation sites (tertiary alicyclic amines) is 2. The van der Waals surface area contributed by atoms with Crippen molar-refractivity contribution in [2.75, 3.05) is 87.4 Å². The van der Waals surface area contributed by atoms with Crippen molar-refractivity contribution < 1.29 is 95.5 Å². The van der Waals surface area contributed by atoms with Crippen LogP contribution in [0.3, 0.4) is 0 Å². The van der Waals surface area contributed by atoms with E-state index in [1.165, 1.54) is 19.6 Å². The van der Waals surface area contributed by atoms with Crippen LogP contribution >= 0.6 is 0 Å². The zero-order valence-electron chi connectivity index (χ0n) is 64.9. The Balaban J connectivity index is 0.000000303. The molecule has 6 aliphatic rings. The molecule has 2 aromatic rings. The molecule has 2 aromatic carbocycles. The molecule has 2 aliphatic carbocycles. The minimum absolute atomic E-state index is 0.0204. The van der Waals surface area contributed by atoms with E-state index < -0.39 is 144 Å². The molecule has 7 unspecified atom stereocenters. The minimum atomic E-state index is -1.27. The molecule has 12 amide bonds. The number of ketones is 2. The Labute approximate surface area is 638 Å². The van der Waals surface area contributed by atoms with E-state index in [9.17, 15) is 67.1 Å². The fraction of sp³-hybridized carbons (Fsp3) is 0.662. The summed E-state index contributed by atoms with van der Waals surface area (Å²) < 4.78 is 34.7. The van der Waals surface area contributed by atoms with Gasteiger partial charge in [0.05, 0.1) is 77.4 Å². The SMILES string of the molecule is CCCC(NC(=O)[C@@H]1CC2(CN1C(=O)C(NC(=O)OCC(C)C)C1CCCCC1)OCCO2)C(=O)C(=O)NCC(=O)NC(C(=O)N(C)C)c1ccccc1.CCCC(NC(=O)[C@@H]1CC2(CN1C(=O)C(NC(=O)OCC(C)C)C1CCCCC1)OC[C@H](C)O2)C(=O)C(=O)NCC(=O)NC(C(=O)N(C)C)c1ccccc1. The van der Waals surface area contributed by atoms with Gasteiger partial charge in [-0.1, -0.05) is 154 Å². The molecule has 4 heterocycles. The predicted molar refractivity (Wildman–Crippen MR) is 395 cm³/mol. The first-order valence-electron chi connectivity index (χ1n) is 38.3. The maximum atomic E-state index is 14.5. The number of benzene rings is 2. The summed E-state index contributed by atoms with van der Waals surface area (Å²) in [5.41, 5.74) is 1.08. The Morgan fingerprint density at radius 2 is 0.881 bits per heavy atom. The van der Waals surface area contributed by atoms with Crippen molar-refractivity contribution in [3.8, 4) is 0 Å². The lowest BCUT2D eigenvalue weighted by atomic mass is 9.83. The lowest BCUT2D eigenvalue weighted by Crippen LogP contribution is -2.58. The van der Waals surface area contributed by atoms with Crippen LogP contribution in [0.15, 0.2) is 60.7 Å². The predicted octanol–water partition coefficient (Wildman–Crippen LogP) is 3.54. The maximum Gasteiger partial charge on any atom is 0.407 e. The zero-order valence-corrected chi connectivity index (χ0v) is 64.9. The van der Waals surface area contributed by atoms with Gasteiger partial charge in [0, 0.05) is 41.0 Å². The quantitative estimate of drug-likeness (QED) is 0.0486. The number of hydrogen-bond acceptors (Lipinski definition) is 20. The standard InChI is InChI=1S/C39H58N6O10.C38H56N6O10/c1-7-14-28(33(47)35(49)40-20-30(46)42-31(36(50)44(5)6)26-15-10-8-11-16-26)41-34(48)29-19-39(54-22-25(4)55-39)23-45(29)37(51)32(27-17-12-9-13-18-27)43-38(52)53-21-24(2)3;1-6-13-27(32(46)34(48)39-21-29(45)41-30(35(49)43(4)5)25-14-9-7-10-15-25)40-33(47)28-20-38(53-18-19-54-38)23-44(28)36(50)31(26-16-11-8-12-17-26)42-37(51)52-22-24(2)3/h8,10-11,15-16,24-25,27-29,31-32H,7,9,12-14,17-23H2,1-6H3,(H,40,49)(H,41,48)(H,42,46)(H,43,52);7,9-10,14-15,24,26-28,30-31H,6,8,11-13,16-23H2,1-5H3,(H,39,48)(H,40,47)(H,41,45)(H,42,51)/t25-,28?,29-,31?,32?,39?;27?,28-,30?,31?/m00/s1. The molecule has 6 fully saturated rings. The highest BCUT2D eigenvalue weighted by molar-refractivity contribution is 6.39. The maximum absolute atomic E-state index is 14.5. The van der Waals surface area contributed by atoms with Gasteiger partial charge in [-0.25, -0.2) is 9.59 Å². The normalized spacial score (nSPS) is 21.2. The van der Waals surface area contributed by atoms with Crippen LogP contribution < -0.4 is 42.5 Å². The van der Waals surface area contributed by atoms with E-state index in [2.05, 4.69) is 42.5 Å². The molecular formula is C77H114N12O20. The molecular weight excluding hydrogens is 1410 g/mol. The van der Waals surface area contributed by atoms with Gasteiger partial charge >= 0.3 is 12.2 Å². The van der Waals surface area contributed by atoms with Crippen molar-refractivity contribution >= 4 is 82.8 Å². The Hall–Kier alpha value is -9.14. The molecule has 602 valence electrons. The van der Waals surface area contributed by atoms with Crippen LogP contribution in [0.2, 0.25) is 0 Å². The number of amides is 12. The van der Waals surface area contributed by atoms with E-state index in [0.717, 1.165) is 38.5 Å². The van der Waals surface area contributed by atoms with Crippen LogP contribution in [0, 0.1) is 23.7 Å². The van der Waals surface area contributed by atoms with Gasteiger partial charge in [0.2, 0.25) is 58.8 Å².